The molecule has 1 unspecified atom stereocenters. The number of para-hydroxylation sites is 1. The van der Waals surface area contributed by atoms with Gasteiger partial charge in [0.25, 0.3) is 0 Å². The lowest BCUT2D eigenvalue weighted by atomic mass is 10.1. The van der Waals surface area contributed by atoms with Gasteiger partial charge in [0.1, 0.15) is 12.4 Å². The maximum absolute atomic E-state index is 11.9. The van der Waals surface area contributed by atoms with Crippen molar-refractivity contribution in [3.05, 3.63) is 29.8 Å². The fourth-order valence-corrected chi connectivity index (χ4v) is 1.88. The van der Waals surface area contributed by atoms with Crippen molar-refractivity contribution in [2.24, 2.45) is 5.92 Å². The molecule has 0 aliphatic carbocycles. The predicted octanol–water partition coefficient (Wildman–Crippen LogP) is 1.94. The molecule has 0 aromatic heterocycles. The van der Waals surface area contributed by atoms with Crippen molar-refractivity contribution in [1.29, 1.82) is 0 Å². The van der Waals surface area contributed by atoms with Crippen LogP contribution in [0, 0.1) is 5.92 Å². The van der Waals surface area contributed by atoms with Gasteiger partial charge in [-0.05, 0) is 27.2 Å². The van der Waals surface area contributed by atoms with Crippen LogP contribution in [0.1, 0.15) is 12.5 Å². The molecule has 0 radical (unpaired) electrons. The largest absolute Gasteiger partial charge is 0.492 e. The standard InChI is InChI=1S/C16H27N3O2.2ClH/c1-13(11-17-2)16(20)18-12-14-7-5-6-8-15(14)21-10-9-19(3)4;;/h5-8,13,17H,9-12H2,1-4H3,(H,18,20);2*1H. The molecule has 2 N–H and O–H groups in total. The van der Waals surface area contributed by atoms with Crippen LogP contribution in [-0.2, 0) is 11.3 Å². The van der Waals surface area contributed by atoms with Crippen LogP contribution >= 0.6 is 24.8 Å². The Kier molecular flexibility index (Phi) is 14.2. The zero-order valence-electron chi connectivity index (χ0n) is 14.3. The number of nitrogens with one attached hydrogen (secondary N) is 2. The van der Waals surface area contributed by atoms with Gasteiger partial charge >= 0.3 is 0 Å². The molecule has 7 heteroatoms. The Balaban J connectivity index is 0. The smallest absolute Gasteiger partial charge is 0.224 e. The Bertz CT molecular complexity index is 445. The molecule has 0 aliphatic rings. The highest BCUT2D eigenvalue weighted by Gasteiger charge is 2.12. The molecule has 1 aromatic carbocycles. The second kappa shape index (κ2) is 13.4. The summed E-state index contributed by atoms with van der Waals surface area (Å²) < 4.78 is 5.78. The molecule has 0 heterocycles. The minimum Gasteiger partial charge on any atom is -0.492 e. The molecule has 23 heavy (non-hydrogen) atoms. The molecule has 0 spiro atoms. The van der Waals surface area contributed by atoms with E-state index in [1.165, 1.54) is 0 Å². The minimum absolute atomic E-state index is 0. The summed E-state index contributed by atoms with van der Waals surface area (Å²) in [5.74, 6) is 0.838. The molecule has 134 valence electrons. The molecule has 5 nitrogen and oxygen atoms in total. The van der Waals surface area contributed by atoms with Gasteiger partial charge in [0.15, 0.2) is 0 Å². The van der Waals surface area contributed by atoms with Crippen LogP contribution in [0.25, 0.3) is 0 Å². The van der Waals surface area contributed by atoms with Gasteiger partial charge in [-0.3, -0.25) is 4.79 Å². The molecule has 0 bridgehead atoms. The Morgan fingerprint density at radius 1 is 1.26 bits per heavy atom. The van der Waals surface area contributed by atoms with Crippen LogP contribution in [0.3, 0.4) is 0 Å². The fourth-order valence-electron chi connectivity index (χ4n) is 1.88. The Hall–Kier alpha value is -1.01. The van der Waals surface area contributed by atoms with E-state index in [0.717, 1.165) is 17.9 Å². The first-order valence-corrected chi connectivity index (χ1v) is 7.32. The van der Waals surface area contributed by atoms with E-state index in [1.807, 2.05) is 52.3 Å². The number of carbonyl (C=O) groups excluding carboxylic acids is 1. The Morgan fingerprint density at radius 3 is 2.52 bits per heavy atom. The summed E-state index contributed by atoms with van der Waals surface area (Å²) in [7, 11) is 5.87. The molecular formula is C16H29Cl2N3O2. The van der Waals surface area contributed by atoms with Crippen LogP contribution in [0.4, 0.5) is 0 Å². The molecule has 0 fully saturated rings. The van der Waals surface area contributed by atoms with Crippen molar-refractivity contribution in [2.45, 2.75) is 13.5 Å². The van der Waals surface area contributed by atoms with Gasteiger partial charge in [0.05, 0.1) is 0 Å². The number of carbonyl (C=O) groups is 1. The third-order valence-corrected chi connectivity index (χ3v) is 3.18. The second-order valence-corrected chi connectivity index (χ2v) is 5.44. The summed E-state index contributed by atoms with van der Waals surface area (Å²) >= 11 is 0. The highest BCUT2D eigenvalue weighted by molar-refractivity contribution is 5.85. The van der Waals surface area contributed by atoms with Gasteiger partial charge in [0, 0.05) is 31.1 Å². The van der Waals surface area contributed by atoms with E-state index >= 15 is 0 Å². The third kappa shape index (κ3) is 9.66. The number of ether oxygens (including phenoxy) is 1. The number of likely N-dealkylation sites (N-methyl/N-ethyl adjacent to an activating group) is 1. The van der Waals surface area contributed by atoms with Crippen LogP contribution in [0.15, 0.2) is 24.3 Å². The number of amides is 1. The average Bonchev–Trinajstić information content (AvgIpc) is 2.45. The number of hydrogen-bond donors (Lipinski definition) is 2. The van der Waals surface area contributed by atoms with Crippen LogP contribution in [-0.4, -0.2) is 51.6 Å². The van der Waals surface area contributed by atoms with E-state index in [2.05, 4.69) is 15.5 Å². The van der Waals surface area contributed by atoms with E-state index < -0.39 is 0 Å². The van der Waals surface area contributed by atoms with Crippen molar-refractivity contribution in [1.82, 2.24) is 15.5 Å². The fraction of sp³-hybridized carbons (Fsp3) is 0.562. The molecular weight excluding hydrogens is 337 g/mol. The lowest BCUT2D eigenvalue weighted by Crippen LogP contribution is -2.34. The average molecular weight is 366 g/mol. The summed E-state index contributed by atoms with van der Waals surface area (Å²) in [6, 6.07) is 7.82. The van der Waals surface area contributed by atoms with Gasteiger partial charge < -0.3 is 20.3 Å². The zero-order valence-corrected chi connectivity index (χ0v) is 15.9. The molecule has 1 rings (SSSR count). The number of nitrogens with zero attached hydrogens (tertiary/aromatic N) is 1. The van der Waals surface area contributed by atoms with Crippen LogP contribution in [0.5, 0.6) is 5.75 Å². The second-order valence-electron chi connectivity index (χ2n) is 5.44. The van der Waals surface area contributed by atoms with Gasteiger partial charge in [-0.2, -0.15) is 0 Å². The normalized spacial score (nSPS) is 11.2. The maximum atomic E-state index is 11.9. The van der Waals surface area contributed by atoms with Gasteiger partial charge in [-0.25, -0.2) is 0 Å². The lowest BCUT2D eigenvalue weighted by Gasteiger charge is -2.15. The van der Waals surface area contributed by atoms with E-state index in [-0.39, 0.29) is 36.6 Å². The van der Waals surface area contributed by atoms with E-state index in [9.17, 15) is 4.79 Å². The number of rotatable bonds is 9. The van der Waals surface area contributed by atoms with Crippen LogP contribution in [0.2, 0.25) is 0 Å². The minimum atomic E-state index is -0.0446. The highest BCUT2D eigenvalue weighted by Crippen LogP contribution is 2.17. The van der Waals surface area contributed by atoms with Crippen LogP contribution < -0.4 is 15.4 Å². The SMILES string of the molecule is CNCC(C)C(=O)NCc1ccccc1OCCN(C)C.Cl.Cl. The number of benzene rings is 1. The van der Waals surface area contributed by atoms with Crippen molar-refractivity contribution >= 4 is 30.7 Å². The Labute approximate surface area is 152 Å². The highest BCUT2D eigenvalue weighted by atomic mass is 35.5. The maximum Gasteiger partial charge on any atom is 0.224 e. The molecule has 1 aromatic rings. The summed E-state index contributed by atoms with van der Waals surface area (Å²) in [6.45, 7) is 4.57. The quantitative estimate of drug-likeness (QED) is 0.702. The van der Waals surface area contributed by atoms with Gasteiger partial charge in [-0.1, -0.05) is 25.1 Å². The van der Waals surface area contributed by atoms with E-state index in [0.29, 0.717) is 19.7 Å². The van der Waals surface area contributed by atoms with Crippen molar-refractivity contribution < 1.29 is 9.53 Å². The number of hydrogen-bond acceptors (Lipinski definition) is 4. The van der Waals surface area contributed by atoms with Crippen molar-refractivity contribution in [3.8, 4) is 5.75 Å². The van der Waals surface area contributed by atoms with E-state index in [4.69, 9.17) is 4.74 Å². The predicted molar refractivity (Wildman–Crippen MR) is 99.9 cm³/mol. The first-order valence-electron chi connectivity index (χ1n) is 7.32. The monoisotopic (exact) mass is 365 g/mol. The third-order valence-electron chi connectivity index (χ3n) is 3.18. The molecule has 0 aliphatic heterocycles. The topological polar surface area (TPSA) is 53.6 Å². The molecule has 0 saturated heterocycles. The molecule has 1 amide bonds. The first-order chi connectivity index (χ1) is 10.0. The van der Waals surface area contributed by atoms with Gasteiger partial charge in [0.2, 0.25) is 5.91 Å². The summed E-state index contributed by atoms with van der Waals surface area (Å²) in [5, 5.41) is 5.96. The molecule has 0 saturated carbocycles. The number of halogens is 2. The van der Waals surface area contributed by atoms with Gasteiger partial charge in [-0.15, -0.1) is 24.8 Å². The lowest BCUT2D eigenvalue weighted by molar-refractivity contribution is -0.124. The Morgan fingerprint density at radius 2 is 1.91 bits per heavy atom. The summed E-state index contributed by atoms with van der Waals surface area (Å²) in [5.41, 5.74) is 1.00. The van der Waals surface area contributed by atoms with Crippen molar-refractivity contribution in [2.75, 3.05) is 40.8 Å². The van der Waals surface area contributed by atoms with Crippen molar-refractivity contribution in [3.63, 3.8) is 0 Å². The van der Waals surface area contributed by atoms with E-state index in [1.54, 1.807) is 0 Å². The zero-order chi connectivity index (χ0) is 15.7. The molecule has 1 atom stereocenters. The summed E-state index contributed by atoms with van der Waals surface area (Å²) in [6.07, 6.45) is 0. The summed E-state index contributed by atoms with van der Waals surface area (Å²) in [4.78, 5) is 14.0. The first kappa shape index (κ1) is 24.2.